The molecular weight excluding hydrogens is 248 g/mol. The molecule has 106 valence electrons. The Morgan fingerprint density at radius 1 is 1.37 bits per heavy atom. The van der Waals surface area contributed by atoms with E-state index in [9.17, 15) is 9.59 Å². The Bertz CT molecular complexity index is 414. The Hall–Kier alpha value is -1.82. The Labute approximate surface area is 112 Å². The summed E-state index contributed by atoms with van der Waals surface area (Å²) < 4.78 is 5.19. The van der Waals surface area contributed by atoms with Gasteiger partial charge in [0.15, 0.2) is 0 Å². The molecule has 6 heteroatoms. The van der Waals surface area contributed by atoms with E-state index in [0.29, 0.717) is 5.76 Å². The van der Waals surface area contributed by atoms with Gasteiger partial charge in [0.05, 0.1) is 25.4 Å². The molecule has 0 fully saturated rings. The summed E-state index contributed by atoms with van der Waals surface area (Å²) in [6.07, 6.45) is 1.54. The Morgan fingerprint density at radius 3 is 2.53 bits per heavy atom. The first kappa shape index (κ1) is 15.2. The summed E-state index contributed by atoms with van der Waals surface area (Å²) >= 11 is 0. The van der Waals surface area contributed by atoms with Gasteiger partial charge in [-0.05, 0) is 32.9 Å². The van der Waals surface area contributed by atoms with Crippen LogP contribution in [0.4, 0.5) is 0 Å². The maximum atomic E-state index is 11.9. The lowest BCUT2D eigenvalue weighted by Crippen LogP contribution is -2.43. The van der Waals surface area contributed by atoms with Crippen LogP contribution in [0.15, 0.2) is 22.8 Å². The molecule has 0 saturated heterocycles. The number of amides is 1. The lowest BCUT2D eigenvalue weighted by Gasteiger charge is -2.24. The van der Waals surface area contributed by atoms with Gasteiger partial charge in [0, 0.05) is 6.04 Å². The third kappa shape index (κ3) is 5.13. The molecule has 0 aliphatic rings. The highest BCUT2D eigenvalue weighted by molar-refractivity contribution is 5.79. The maximum absolute atomic E-state index is 11.9. The molecule has 1 aromatic heterocycles. The normalized spacial score (nSPS) is 12.7. The minimum Gasteiger partial charge on any atom is -0.480 e. The van der Waals surface area contributed by atoms with Crippen LogP contribution in [0.3, 0.4) is 0 Å². The minimum atomic E-state index is -0.944. The lowest BCUT2D eigenvalue weighted by molar-refractivity contribution is -0.139. The number of hydrogen-bond donors (Lipinski definition) is 2. The van der Waals surface area contributed by atoms with Crippen LogP contribution in [0.2, 0.25) is 0 Å². The Balaban J connectivity index is 2.50. The predicted molar refractivity (Wildman–Crippen MR) is 69.6 cm³/mol. The topological polar surface area (TPSA) is 82.8 Å². The number of hydrogen-bond acceptors (Lipinski definition) is 4. The number of aliphatic carboxylic acids is 1. The van der Waals surface area contributed by atoms with Crippen LogP contribution in [0.1, 0.15) is 32.6 Å². The number of carboxylic acids is 1. The van der Waals surface area contributed by atoms with Crippen LogP contribution in [0.5, 0.6) is 0 Å². The maximum Gasteiger partial charge on any atom is 0.317 e. The van der Waals surface area contributed by atoms with Gasteiger partial charge in [-0.3, -0.25) is 14.5 Å². The van der Waals surface area contributed by atoms with Gasteiger partial charge in [0.25, 0.3) is 0 Å². The van der Waals surface area contributed by atoms with E-state index in [4.69, 9.17) is 9.52 Å². The quantitative estimate of drug-likeness (QED) is 0.777. The number of carbonyl (C=O) groups excluding carboxylic acids is 1. The molecule has 0 aliphatic heterocycles. The van der Waals surface area contributed by atoms with Gasteiger partial charge in [0.2, 0.25) is 5.91 Å². The van der Waals surface area contributed by atoms with Crippen molar-refractivity contribution in [2.24, 2.45) is 0 Å². The van der Waals surface area contributed by atoms with Crippen molar-refractivity contribution in [2.75, 3.05) is 13.1 Å². The average Bonchev–Trinajstić information content (AvgIpc) is 2.80. The second-order valence-corrected chi connectivity index (χ2v) is 4.70. The van der Waals surface area contributed by atoms with Crippen LogP contribution in [0.25, 0.3) is 0 Å². The van der Waals surface area contributed by atoms with Crippen molar-refractivity contribution < 1.29 is 19.1 Å². The van der Waals surface area contributed by atoms with E-state index in [2.05, 4.69) is 5.32 Å². The highest BCUT2D eigenvalue weighted by Gasteiger charge is 2.19. The van der Waals surface area contributed by atoms with E-state index in [1.807, 2.05) is 20.8 Å². The fraction of sp³-hybridized carbons (Fsp3) is 0.538. The molecule has 2 N–H and O–H groups in total. The minimum absolute atomic E-state index is 0.0132. The van der Waals surface area contributed by atoms with Crippen molar-refractivity contribution in [1.29, 1.82) is 0 Å². The van der Waals surface area contributed by atoms with Crippen LogP contribution in [-0.4, -0.2) is 41.0 Å². The monoisotopic (exact) mass is 268 g/mol. The zero-order valence-corrected chi connectivity index (χ0v) is 11.4. The number of furan rings is 1. The predicted octanol–water partition coefficient (Wildman–Crippen LogP) is 1.25. The van der Waals surface area contributed by atoms with Gasteiger partial charge >= 0.3 is 5.97 Å². The summed E-state index contributed by atoms with van der Waals surface area (Å²) in [6.45, 7) is 5.42. The van der Waals surface area contributed by atoms with Crippen molar-refractivity contribution >= 4 is 11.9 Å². The molecule has 0 saturated carbocycles. The van der Waals surface area contributed by atoms with E-state index in [1.54, 1.807) is 23.3 Å². The van der Waals surface area contributed by atoms with Crippen molar-refractivity contribution in [3.05, 3.63) is 24.2 Å². The fourth-order valence-electron chi connectivity index (χ4n) is 1.68. The third-order valence-electron chi connectivity index (χ3n) is 2.76. The molecule has 1 heterocycles. The second-order valence-electron chi connectivity index (χ2n) is 4.70. The molecule has 1 aromatic rings. The molecule has 1 rings (SSSR count). The van der Waals surface area contributed by atoms with Gasteiger partial charge < -0.3 is 14.8 Å². The zero-order valence-electron chi connectivity index (χ0n) is 11.4. The Kier molecular flexibility index (Phi) is 5.57. The Morgan fingerprint density at radius 2 is 2.05 bits per heavy atom. The van der Waals surface area contributed by atoms with Crippen LogP contribution in [-0.2, 0) is 9.59 Å². The summed E-state index contributed by atoms with van der Waals surface area (Å²) in [5.74, 6) is -0.498. The first-order valence-electron chi connectivity index (χ1n) is 6.18. The zero-order chi connectivity index (χ0) is 14.4. The van der Waals surface area contributed by atoms with E-state index in [1.165, 1.54) is 0 Å². The van der Waals surface area contributed by atoms with Gasteiger partial charge in [-0.1, -0.05) is 0 Å². The van der Waals surface area contributed by atoms with E-state index >= 15 is 0 Å². The molecule has 19 heavy (non-hydrogen) atoms. The summed E-state index contributed by atoms with van der Waals surface area (Å²) in [6, 6.07) is 3.28. The summed E-state index contributed by atoms with van der Waals surface area (Å²) in [4.78, 5) is 24.2. The molecule has 0 radical (unpaired) electrons. The molecule has 0 spiro atoms. The average molecular weight is 268 g/mol. The SMILES string of the molecule is CC(NC(=O)CN(CC(=O)O)C(C)C)c1ccco1. The number of nitrogens with one attached hydrogen (secondary N) is 1. The van der Waals surface area contributed by atoms with Crippen molar-refractivity contribution in [3.63, 3.8) is 0 Å². The van der Waals surface area contributed by atoms with E-state index in [0.717, 1.165) is 0 Å². The summed E-state index contributed by atoms with van der Waals surface area (Å²) in [5.41, 5.74) is 0. The number of rotatable bonds is 7. The van der Waals surface area contributed by atoms with Gasteiger partial charge in [-0.25, -0.2) is 0 Å². The van der Waals surface area contributed by atoms with E-state index in [-0.39, 0.29) is 31.1 Å². The smallest absolute Gasteiger partial charge is 0.317 e. The van der Waals surface area contributed by atoms with Crippen LogP contribution in [0, 0.1) is 0 Å². The molecule has 1 amide bonds. The highest BCUT2D eigenvalue weighted by atomic mass is 16.4. The van der Waals surface area contributed by atoms with Crippen molar-refractivity contribution in [3.8, 4) is 0 Å². The highest BCUT2D eigenvalue weighted by Crippen LogP contribution is 2.12. The molecule has 0 aliphatic carbocycles. The number of carboxylic acid groups (broad SMARTS) is 1. The number of nitrogens with zero attached hydrogens (tertiary/aromatic N) is 1. The van der Waals surface area contributed by atoms with Crippen molar-refractivity contribution in [2.45, 2.75) is 32.9 Å². The van der Waals surface area contributed by atoms with Crippen LogP contribution >= 0.6 is 0 Å². The first-order chi connectivity index (χ1) is 8.90. The molecule has 0 aromatic carbocycles. The van der Waals surface area contributed by atoms with Gasteiger partial charge in [-0.15, -0.1) is 0 Å². The molecule has 6 nitrogen and oxygen atoms in total. The molecular formula is C13H20N2O4. The standard InChI is InChI=1S/C13H20N2O4/c1-9(2)15(8-13(17)18)7-12(16)14-10(3)11-5-4-6-19-11/h4-6,9-10H,7-8H2,1-3H3,(H,14,16)(H,17,18). The summed E-state index contributed by atoms with van der Waals surface area (Å²) in [5, 5.41) is 11.6. The second kappa shape index (κ2) is 6.94. The lowest BCUT2D eigenvalue weighted by atomic mass is 10.2. The largest absolute Gasteiger partial charge is 0.480 e. The van der Waals surface area contributed by atoms with Gasteiger partial charge in [0.1, 0.15) is 5.76 Å². The van der Waals surface area contributed by atoms with Gasteiger partial charge in [-0.2, -0.15) is 0 Å². The summed E-state index contributed by atoms with van der Waals surface area (Å²) in [7, 11) is 0. The van der Waals surface area contributed by atoms with Crippen molar-refractivity contribution in [1.82, 2.24) is 10.2 Å². The first-order valence-corrected chi connectivity index (χ1v) is 6.18. The number of carbonyl (C=O) groups is 2. The molecule has 1 unspecified atom stereocenters. The molecule has 0 bridgehead atoms. The van der Waals surface area contributed by atoms with E-state index < -0.39 is 5.97 Å². The fourth-order valence-corrected chi connectivity index (χ4v) is 1.68. The van der Waals surface area contributed by atoms with Crippen LogP contribution < -0.4 is 5.32 Å². The molecule has 1 atom stereocenters. The third-order valence-corrected chi connectivity index (χ3v) is 2.76.